The minimum absolute atomic E-state index is 0. The first kappa shape index (κ1) is 19.0. The number of halogens is 2. The van der Waals surface area contributed by atoms with Gasteiger partial charge in [-0.15, -0.1) is 36.2 Å². The summed E-state index contributed by atoms with van der Waals surface area (Å²) in [7, 11) is 0. The minimum Gasteiger partial charge on any atom is -0.357 e. The van der Waals surface area contributed by atoms with Crippen molar-refractivity contribution in [1.29, 1.82) is 0 Å². The van der Waals surface area contributed by atoms with Crippen molar-refractivity contribution in [1.82, 2.24) is 15.3 Å². The highest BCUT2D eigenvalue weighted by molar-refractivity contribution is 7.09. The van der Waals surface area contributed by atoms with Crippen molar-refractivity contribution in [2.45, 2.75) is 25.8 Å². The van der Waals surface area contributed by atoms with E-state index >= 15 is 0 Å². The van der Waals surface area contributed by atoms with E-state index in [1.54, 1.807) is 11.3 Å². The van der Waals surface area contributed by atoms with Crippen LogP contribution in [0.2, 0.25) is 0 Å². The van der Waals surface area contributed by atoms with Gasteiger partial charge in [0, 0.05) is 29.7 Å². The van der Waals surface area contributed by atoms with Crippen LogP contribution < -0.4 is 11.1 Å². The van der Waals surface area contributed by atoms with Crippen LogP contribution in [0.1, 0.15) is 28.3 Å². The topological polar surface area (TPSA) is 83.8 Å². The average molecular weight is 363 g/mol. The van der Waals surface area contributed by atoms with Crippen LogP contribution in [-0.4, -0.2) is 28.5 Å². The molecule has 122 valence electrons. The van der Waals surface area contributed by atoms with Crippen molar-refractivity contribution in [2.24, 2.45) is 11.7 Å². The Morgan fingerprint density at radius 1 is 1.55 bits per heavy atom. The zero-order chi connectivity index (χ0) is 14.1. The average Bonchev–Trinajstić information content (AvgIpc) is 2.99. The van der Waals surface area contributed by atoms with E-state index < -0.39 is 0 Å². The Bertz CT molecular complexity index is 624. The van der Waals surface area contributed by atoms with Gasteiger partial charge in [-0.25, -0.2) is 4.98 Å². The number of hydrogen-bond acceptors (Lipinski definition) is 4. The molecule has 0 bridgehead atoms. The molecule has 5 nitrogen and oxygen atoms in total. The van der Waals surface area contributed by atoms with Gasteiger partial charge in [-0.3, -0.25) is 4.79 Å². The molecule has 1 unspecified atom stereocenters. The standard InChI is InChI=1S/C14H18N4OS.2ClH/c1-8-17-13(7-20-8)10-4-11(16-6-10)14(19)18-12(5-15)9-2-3-9;;/h4,6-7,9,12,16H,2-3,5,15H2,1H3,(H,18,19);2*1H. The SMILES string of the molecule is Cc1nc(-c2c[nH]c(C(=O)NC(CN)C3CC3)c2)cs1.Cl.Cl. The van der Waals surface area contributed by atoms with Gasteiger partial charge in [0.2, 0.25) is 0 Å². The third-order valence-electron chi connectivity index (χ3n) is 3.60. The summed E-state index contributed by atoms with van der Waals surface area (Å²) in [6.07, 6.45) is 4.14. The number of amides is 1. The molecule has 3 rings (SSSR count). The fourth-order valence-corrected chi connectivity index (χ4v) is 2.91. The number of nitrogens with one attached hydrogen (secondary N) is 2. The van der Waals surface area contributed by atoms with Gasteiger partial charge >= 0.3 is 0 Å². The van der Waals surface area contributed by atoms with E-state index in [4.69, 9.17) is 5.73 Å². The van der Waals surface area contributed by atoms with Gasteiger partial charge in [0.25, 0.3) is 5.91 Å². The Kier molecular flexibility index (Phi) is 6.87. The third kappa shape index (κ3) is 4.23. The smallest absolute Gasteiger partial charge is 0.267 e. The molecule has 22 heavy (non-hydrogen) atoms. The molecular weight excluding hydrogens is 343 g/mol. The number of aromatic amines is 1. The number of aryl methyl sites for hydroxylation is 1. The molecular formula is C14H20Cl2N4OS. The Hall–Kier alpha value is -1.08. The van der Waals surface area contributed by atoms with Crippen molar-refractivity contribution in [2.75, 3.05) is 6.54 Å². The van der Waals surface area contributed by atoms with Gasteiger partial charge in [-0.05, 0) is 31.7 Å². The van der Waals surface area contributed by atoms with E-state index in [1.807, 2.05) is 24.6 Å². The molecule has 4 N–H and O–H groups in total. The van der Waals surface area contributed by atoms with Crippen LogP contribution in [0.5, 0.6) is 0 Å². The molecule has 1 saturated carbocycles. The summed E-state index contributed by atoms with van der Waals surface area (Å²) in [5, 5.41) is 6.01. The summed E-state index contributed by atoms with van der Waals surface area (Å²) in [5.74, 6) is 0.463. The van der Waals surface area contributed by atoms with Crippen molar-refractivity contribution >= 4 is 42.1 Å². The monoisotopic (exact) mass is 362 g/mol. The molecule has 1 amide bonds. The summed E-state index contributed by atoms with van der Waals surface area (Å²) in [5.41, 5.74) is 8.11. The molecule has 1 fully saturated rings. The molecule has 0 spiro atoms. The summed E-state index contributed by atoms with van der Waals surface area (Å²) >= 11 is 1.60. The number of nitrogens with two attached hydrogens (primary N) is 1. The van der Waals surface area contributed by atoms with Gasteiger partial charge < -0.3 is 16.0 Å². The van der Waals surface area contributed by atoms with Gasteiger partial charge in [0.15, 0.2) is 0 Å². The van der Waals surface area contributed by atoms with Gasteiger partial charge in [-0.1, -0.05) is 0 Å². The molecule has 0 aliphatic heterocycles. The number of hydrogen-bond donors (Lipinski definition) is 3. The number of H-pyrrole nitrogens is 1. The van der Waals surface area contributed by atoms with E-state index in [0.29, 0.717) is 18.2 Å². The molecule has 1 atom stereocenters. The fourth-order valence-electron chi connectivity index (χ4n) is 2.28. The van der Waals surface area contributed by atoms with Gasteiger partial charge in [-0.2, -0.15) is 0 Å². The van der Waals surface area contributed by atoms with Crippen LogP contribution in [-0.2, 0) is 0 Å². The summed E-state index contributed by atoms with van der Waals surface area (Å²) < 4.78 is 0. The summed E-state index contributed by atoms with van der Waals surface area (Å²) in [6.45, 7) is 2.46. The summed E-state index contributed by atoms with van der Waals surface area (Å²) in [4.78, 5) is 19.6. The Morgan fingerprint density at radius 2 is 2.27 bits per heavy atom. The molecule has 0 aromatic carbocycles. The van der Waals surface area contributed by atoms with E-state index in [-0.39, 0.29) is 36.8 Å². The first-order valence-electron chi connectivity index (χ1n) is 6.79. The van der Waals surface area contributed by atoms with Gasteiger partial charge in [0.1, 0.15) is 5.69 Å². The minimum atomic E-state index is -0.0921. The Labute approximate surface area is 145 Å². The van der Waals surface area contributed by atoms with E-state index in [0.717, 1.165) is 29.1 Å². The maximum Gasteiger partial charge on any atom is 0.267 e. The molecule has 2 heterocycles. The molecule has 1 aliphatic rings. The highest BCUT2D eigenvalue weighted by atomic mass is 35.5. The molecule has 2 aromatic rings. The zero-order valence-electron chi connectivity index (χ0n) is 12.2. The van der Waals surface area contributed by atoms with E-state index in [1.165, 1.54) is 0 Å². The lowest BCUT2D eigenvalue weighted by molar-refractivity contribution is 0.0929. The van der Waals surface area contributed by atoms with Crippen molar-refractivity contribution < 1.29 is 4.79 Å². The molecule has 0 radical (unpaired) electrons. The second kappa shape index (κ2) is 7.97. The number of rotatable bonds is 5. The predicted molar refractivity (Wildman–Crippen MR) is 94.2 cm³/mol. The lowest BCUT2D eigenvalue weighted by Crippen LogP contribution is -2.41. The molecule has 0 saturated heterocycles. The van der Waals surface area contributed by atoms with Crippen molar-refractivity contribution in [3.63, 3.8) is 0 Å². The first-order valence-corrected chi connectivity index (χ1v) is 7.67. The second-order valence-corrected chi connectivity index (χ2v) is 6.27. The van der Waals surface area contributed by atoms with Crippen LogP contribution in [0.4, 0.5) is 0 Å². The molecule has 8 heteroatoms. The maximum absolute atomic E-state index is 12.2. The number of carbonyl (C=O) groups excluding carboxylic acids is 1. The summed E-state index contributed by atoms with van der Waals surface area (Å²) in [6, 6.07) is 1.93. The number of carbonyl (C=O) groups is 1. The highest BCUT2D eigenvalue weighted by Crippen LogP contribution is 2.32. The quantitative estimate of drug-likeness (QED) is 0.764. The number of aromatic nitrogens is 2. The number of nitrogens with zero attached hydrogens (tertiary/aromatic N) is 1. The van der Waals surface area contributed by atoms with Crippen LogP contribution in [0.15, 0.2) is 17.6 Å². The Balaban J connectivity index is 0.00000121. The van der Waals surface area contributed by atoms with E-state index in [9.17, 15) is 4.79 Å². The van der Waals surface area contributed by atoms with E-state index in [2.05, 4.69) is 15.3 Å². The second-order valence-electron chi connectivity index (χ2n) is 5.21. The molecule has 1 aliphatic carbocycles. The van der Waals surface area contributed by atoms with Crippen LogP contribution in [0.3, 0.4) is 0 Å². The maximum atomic E-state index is 12.2. The van der Waals surface area contributed by atoms with Crippen LogP contribution in [0.25, 0.3) is 11.3 Å². The van der Waals surface area contributed by atoms with Crippen LogP contribution >= 0.6 is 36.2 Å². The van der Waals surface area contributed by atoms with Crippen molar-refractivity contribution in [3.05, 3.63) is 28.3 Å². The number of thiazole rings is 1. The third-order valence-corrected chi connectivity index (χ3v) is 4.38. The zero-order valence-corrected chi connectivity index (χ0v) is 14.6. The van der Waals surface area contributed by atoms with Crippen LogP contribution in [0, 0.1) is 12.8 Å². The first-order chi connectivity index (χ1) is 9.67. The highest BCUT2D eigenvalue weighted by Gasteiger charge is 2.31. The Morgan fingerprint density at radius 3 is 2.82 bits per heavy atom. The largest absolute Gasteiger partial charge is 0.357 e. The normalized spacial score (nSPS) is 14.6. The van der Waals surface area contributed by atoms with Gasteiger partial charge in [0.05, 0.1) is 10.7 Å². The predicted octanol–water partition coefficient (Wildman–Crippen LogP) is 2.76. The fraction of sp³-hybridized carbons (Fsp3) is 0.429. The lowest BCUT2D eigenvalue weighted by atomic mass is 10.2. The lowest BCUT2D eigenvalue weighted by Gasteiger charge is -2.15. The van der Waals surface area contributed by atoms with Crippen molar-refractivity contribution in [3.8, 4) is 11.3 Å². The molecule has 2 aromatic heterocycles.